The third kappa shape index (κ3) is 2.23. The van der Waals surface area contributed by atoms with Crippen molar-refractivity contribution in [3.63, 3.8) is 0 Å². The fraction of sp³-hybridized carbons (Fsp3) is 1.00. The molecule has 0 aromatic carbocycles. The number of aliphatic hydroxyl groups is 1. The van der Waals surface area contributed by atoms with Gasteiger partial charge in [0.25, 0.3) is 0 Å². The maximum Gasteiger partial charge on any atom is 0.0697 e. The summed E-state index contributed by atoms with van der Waals surface area (Å²) in [7, 11) is 1.76. The molecule has 2 nitrogen and oxygen atoms in total. The van der Waals surface area contributed by atoms with Gasteiger partial charge in [0.1, 0.15) is 0 Å². The van der Waals surface area contributed by atoms with Crippen molar-refractivity contribution >= 4 is 0 Å². The monoisotopic (exact) mass is 186 g/mol. The number of hydrogen-bond acceptors (Lipinski definition) is 2. The summed E-state index contributed by atoms with van der Waals surface area (Å²) in [6, 6.07) is 0. The van der Waals surface area contributed by atoms with Gasteiger partial charge in [-0.3, -0.25) is 0 Å². The number of methoxy groups -OCH3 is 1. The second-order valence-corrected chi connectivity index (χ2v) is 5.22. The standard InChI is InChI=1S/C11H22O2/c1-10(2,3)11(12)7-5-9(13-4)6-8-11/h9,12H,5-8H2,1-4H3. The van der Waals surface area contributed by atoms with Crippen molar-refractivity contribution in [2.24, 2.45) is 5.41 Å². The van der Waals surface area contributed by atoms with Crippen LogP contribution in [0.15, 0.2) is 0 Å². The third-order valence-corrected chi connectivity index (χ3v) is 3.49. The van der Waals surface area contributed by atoms with E-state index in [0.717, 1.165) is 25.7 Å². The van der Waals surface area contributed by atoms with E-state index in [9.17, 15) is 5.11 Å². The molecule has 0 saturated heterocycles. The molecule has 0 radical (unpaired) electrons. The SMILES string of the molecule is COC1CCC(O)(C(C)(C)C)CC1. The molecule has 1 saturated carbocycles. The van der Waals surface area contributed by atoms with Crippen LogP contribution in [0.1, 0.15) is 46.5 Å². The molecule has 1 aliphatic rings. The summed E-state index contributed by atoms with van der Waals surface area (Å²) in [6.45, 7) is 6.33. The Morgan fingerprint density at radius 1 is 1.23 bits per heavy atom. The van der Waals surface area contributed by atoms with Crippen molar-refractivity contribution < 1.29 is 9.84 Å². The molecule has 0 unspecified atom stereocenters. The Labute approximate surface area is 81.3 Å². The Morgan fingerprint density at radius 3 is 2.00 bits per heavy atom. The van der Waals surface area contributed by atoms with Crippen LogP contribution < -0.4 is 0 Å². The highest BCUT2D eigenvalue weighted by Crippen LogP contribution is 2.42. The second-order valence-electron chi connectivity index (χ2n) is 5.22. The predicted molar refractivity (Wildman–Crippen MR) is 53.7 cm³/mol. The van der Waals surface area contributed by atoms with Gasteiger partial charge < -0.3 is 9.84 Å². The number of hydrogen-bond donors (Lipinski definition) is 1. The molecule has 1 rings (SSSR count). The number of rotatable bonds is 1. The maximum absolute atomic E-state index is 10.4. The maximum atomic E-state index is 10.4. The summed E-state index contributed by atoms with van der Waals surface area (Å²) < 4.78 is 5.29. The molecular weight excluding hydrogens is 164 g/mol. The van der Waals surface area contributed by atoms with E-state index in [1.807, 2.05) is 0 Å². The normalized spacial score (nSPS) is 36.2. The first-order valence-electron chi connectivity index (χ1n) is 5.14. The van der Waals surface area contributed by atoms with Crippen LogP contribution >= 0.6 is 0 Å². The average Bonchev–Trinajstić information content (AvgIpc) is 2.04. The van der Waals surface area contributed by atoms with E-state index in [2.05, 4.69) is 20.8 Å². The van der Waals surface area contributed by atoms with Gasteiger partial charge in [0.05, 0.1) is 11.7 Å². The van der Waals surface area contributed by atoms with E-state index in [1.165, 1.54) is 0 Å². The van der Waals surface area contributed by atoms with Crippen LogP contribution in [-0.4, -0.2) is 23.9 Å². The van der Waals surface area contributed by atoms with E-state index in [0.29, 0.717) is 6.10 Å². The van der Waals surface area contributed by atoms with Crippen LogP contribution in [0.25, 0.3) is 0 Å². The largest absolute Gasteiger partial charge is 0.389 e. The lowest BCUT2D eigenvalue weighted by Gasteiger charge is -2.44. The Morgan fingerprint density at radius 2 is 1.69 bits per heavy atom. The highest BCUT2D eigenvalue weighted by Gasteiger charge is 2.42. The van der Waals surface area contributed by atoms with Gasteiger partial charge in [0, 0.05) is 7.11 Å². The zero-order valence-electron chi connectivity index (χ0n) is 9.26. The van der Waals surface area contributed by atoms with E-state index in [4.69, 9.17) is 4.74 Å². The van der Waals surface area contributed by atoms with E-state index >= 15 is 0 Å². The summed E-state index contributed by atoms with van der Waals surface area (Å²) >= 11 is 0. The van der Waals surface area contributed by atoms with Crippen LogP contribution in [0.5, 0.6) is 0 Å². The quantitative estimate of drug-likeness (QED) is 0.681. The molecular formula is C11H22O2. The fourth-order valence-electron chi connectivity index (χ4n) is 2.05. The summed E-state index contributed by atoms with van der Waals surface area (Å²) in [5, 5.41) is 10.4. The molecule has 0 bridgehead atoms. The minimum atomic E-state index is -0.484. The Hall–Kier alpha value is -0.0800. The first-order valence-corrected chi connectivity index (χ1v) is 5.14. The molecule has 2 heteroatoms. The molecule has 0 aromatic heterocycles. The molecule has 0 aromatic rings. The lowest BCUT2D eigenvalue weighted by Crippen LogP contribution is -2.46. The molecule has 78 valence electrons. The van der Waals surface area contributed by atoms with Crippen LogP contribution in [0.4, 0.5) is 0 Å². The van der Waals surface area contributed by atoms with Gasteiger partial charge in [-0.1, -0.05) is 20.8 Å². The average molecular weight is 186 g/mol. The Bertz CT molecular complexity index is 161. The molecule has 0 aliphatic heterocycles. The molecule has 1 N–H and O–H groups in total. The molecule has 0 heterocycles. The zero-order chi connectivity index (χ0) is 10.1. The highest BCUT2D eigenvalue weighted by atomic mass is 16.5. The molecule has 0 atom stereocenters. The van der Waals surface area contributed by atoms with Gasteiger partial charge in [-0.15, -0.1) is 0 Å². The van der Waals surface area contributed by atoms with Crippen molar-refractivity contribution in [2.45, 2.75) is 58.2 Å². The summed E-state index contributed by atoms with van der Waals surface area (Å²) in [5.41, 5.74) is -0.492. The van der Waals surface area contributed by atoms with Crippen molar-refractivity contribution in [3.05, 3.63) is 0 Å². The molecule has 1 aliphatic carbocycles. The van der Waals surface area contributed by atoms with Gasteiger partial charge in [-0.25, -0.2) is 0 Å². The van der Waals surface area contributed by atoms with Gasteiger partial charge in [-0.05, 0) is 31.1 Å². The van der Waals surface area contributed by atoms with Crippen LogP contribution in [0.2, 0.25) is 0 Å². The first kappa shape index (κ1) is 11.0. The Kier molecular flexibility index (Phi) is 3.03. The summed E-state index contributed by atoms with van der Waals surface area (Å²) in [6.07, 6.45) is 4.08. The minimum absolute atomic E-state index is 0.00822. The zero-order valence-corrected chi connectivity index (χ0v) is 9.26. The van der Waals surface area contributed by atoms with Gasteiger partial charge in [0.2, 0.25) is 0 Å². The predicted octanol–water partition coefficient (Wildman–Crippen LogP) is 2.35. The van der Waals surface area contributed by atoms with E-state index in [-0.39, 0.29) is 5.41 Å². The van der Waals surface area contributed by atoms with Crippen molar-refractivity contribution in [1.29, 1.82) is 0 Å². The fourth-order valence-corrected chi connectivity index (χ4v) is 2.05. The lowest BCUT2D eigenvalue weighted by atomic mass is 9.68. The van der Waals surface area contributed by atoms with Crippen molar-refractivity contribution in [1.82, 2.24) is 0 Å². The summed E-state index contributed by atoms with van der Waals surface area (Å²) in [4.78, 5) is 0. The molecule has 1 fully saturated rings. The smallest absolute Gasteiger partial charge is 0.0697 e. The molecule has 0 amide bonds. The lowest BCUT2D eigenvalue weighted by molar-refractivity contribution is -0.108. The van der Waals surface area contributed by atoms with Crippen molar-refractivity contribution in [3.8, 4) is 0 Å². The number of ether oxygens (including phenoxy) is 1. The second kappa shape index (κ2) is 3.58. The van der Waals surface area contributed by atoms with E-state index in [1.54, 1.807) is 7.11 Å². The molecule has 13 heavy (non-hydrogen) atoms. The topological polar surface area (TPSA) is 29.5 Å². The highest BCUT2D eigenvalue weighted by molar-refractivity contribution is 4.94. The molecule has 0 spiro atoms. The first-order chi connectivity index (χ1) is 5.89. The van der Waals surface area contributed by atoms with Crippen LogP contribution in [0.3, 0.4) is 0 Å². The van der Waals surface area contributed by atoms with E-state index < -0.39 is 5.60 Å². The minimum Gasteiger partial charge on any atom is -0.389 e. The Balaban J connectivity index is 2.57. The van der Waals surface area contributed by atoms with Crippen LogP contribution in [-0.2, 0) is 4.74 Å². The third-order valence-electron chi connectivity index (χ3n) is 3.49. The summed E-state index contributed by atoms with van der Waals surface area (Å²) in [5.74, 6) is 0. The van der Waals surface area contributed by atoms with Gasteiger partial charge in [-0.2, -0.15) is 0 Å². The van der Waals surface area contributed by atoms with Crippen LogP contribution in [0, 0.1) is 5.41 Å². The van der Waals surface area contributed by atoms with Gasteiger partial charge in [0.15, 0.2) is 0 Å². The van der Waals surface area contributed by atoms with Gasteiger partial charge >= 0.3 is 0 Å². The van der Waals surface area contributed by atoms with Crippen molar-refractivity contribution in [2.75, 3.05) is 7.11 Å².